The fourth-order valence-corrected chi connectivity index (χ4v) is 7.32. The van der Waals surface area contributed by atoms with Gasteiger partial charge in [-0.3, -0.25) is 4.99 Å². The van der Waals surface area contributed by atoms with Crippen molar-refractivity contribution in [2.75, 3.05) is 0 Å². The lowest BCUT2D eigenvalue weighted by Crippen LogP contribution is -2.55. The van der Waals surface area contributed by atoms with Gasteiger partial charge in [-0.05, 0) is 70.2 Å². The van der Waals surface area contributed by atoms with Crippen molar-refractivity contribution < 1.29 is 0 Å². The van der Waals surface area contributed by atoms with Crippen molar-refractivity contribution in [2.24, 2.45) is 31.6 Å². The van der Waals surface area contributed by atoms with Gasteiger partial charge in [-0.1, -0.05) is 83.1 Å². The Morgan fingerprint density at radius 2 is 1.23 bits per heavy atom. The first kappa shape index (κ1) is 31.3. The number of hydrogen-bond donors (Lipinski definition) is 2. The highest BCUT2D eigenvalue weighted by molar-refractivity contribution is 6.27. The molecule has 44 heavy (non-hydrogen) atoms. The van der Waals surface area contributed by atoms with Crippen molar-refractivity contribution in [1.82, 2.24) is 9.97 Å². The molecule has 8 bridgehead atoms. The quantitative estimate of drug-likeness (QED) is 0.341. The summed E-state index contributed by atoms with van der Waals surface area (Å²) in [6.45, 7) is 25.7. The van der Waals surface area contributed by atoms with Gasteiger partial charge >= 0.3 is 0 Å². The SMILES string of the molecule is CC(C)(C)C1=C2C=CC(=N2)C(C(C)(C)C)=c2ccc([nH]2)=C(C(C)(C)C)c2ccc([nH]2)C(C#N)(C(C)(C)C)C2(C#N)C=CC1=N2. The molecular weight excluding hydrogens is 540 g/mol. The van der Waals surface area contributed by atoms with E-state index in [1.165, 1.54) is 0 Å². The largest absolute Gasteiger partial charge is 0.357 e. The Morgan fingerprint density at radius 3 is 1.75 bits per heavy atom. The minimum atomic E-state index is -1.47. The van der Waals surface area contributed by atoms with Gasteiger partial charge < -0.3 is 9.97 Å². The van der Waals surface area contributed by atoms with Crippen LogP contribution in [-0.4, -0.2) is 26.9 Å². The number of aliphatic imine (C=N–C) groups is 2. The molecule has 2 N–H and O–H groups in total. The highest BCUT2D eigenvalue weighted by atomic mass is 15.0. The van der Waals surface area contributed by atoms with Crippen LogP contribution < -0.4 is 10.7 Å². The Hall–Kier alpha value is -4.16. The third-order valence-corrected chi connectivity index (χ3v) is 9.06. The third-order valence-electron chi connectivity index (χ3n) is 9.06. The van der Waals surface area contributed by atoms with Crippen LogP contribution in [0.2, 0.25) is 0 Å². The lowest BCUT2D eigenvalue weighted by Gasteiger charge is -2.45. The molecule has 0 spiro atoms. The molecule has 2 aromatic rings. The van der Waals surface area contributed by atoms with Gasteiger partial charge in [0.05, 0.1) is 29.3 Å². The number of rotatable bonds is 0. The summed E-state index contributed by atoms with van der Waals surface area (Å²) >= 11 is 0. The van der Waals surface area contributed by atoms with Crippen molar-refractivity contribution in [3.05, 3.63) is 81.9 Å². The second kappa shape index (κ2) is 9.67. The lowest BCUT2D eigenvalue weighted by molar-refractivity contribution is 0.191. The number of aromatic nitrogens is 2. The average molecular weight is 587 g/mol. The van der Waals surface area contributed by atoms with Crippen molar-refractivity contribution in [2.45, 2.75) is 94.0 Å². The molecule has 5 rings (SSSR count). The first-order chi connectivity index (χ1) is 20.2. The summed E-state index contributed by atoms with van der Waals surface area (Å²) in [6, 6.07) is 13.5. The van der Waals surface area contributed by atoms with Crippen molar-refractivity contribution in [3.8, 4) is 12.1 Å². The molecular formula is C38H46N6. The van der Waals surface area contributed by atoms with Gasteiger partial charge in [0, 0.05) is 38.8 Å². The van der Waals surface area contributed by atoms with Gasteiger partial charge in [-0.25, -0.2) is 4.99 Å². The Balaban J connectivity index is 2.05. The predicted molar refractivity (Wildman–Crippen MR) is 180 cm³/mol. The summed E-state index contributed by atoms with van der Waals surface area (Å²) in [4.78, 5) is 17.9. The van der Waals surface area contributed by atoms with Crippen LogP contribution in [0.3, 0.4) is 0 Å². The molecule has 0 aliphatic carbocycles. The summed E-state index contributed by atoms with van der Waals surface area (Å²) < 4.78 is 0. The zero-order chi connectivity index (χ0) is 32.7. The molecule has 6 heteroatoms. The molecule has 0 fully saturated rings. The number of nitriles is 2. The molecule has 2 aromatic heterocycles. The third kappa shape index (κ3) is 4.58. The molecule has 0 saturated heterocycles. The van der Waals surface area contributed by atoms with E-state index in [2.05, 4.69) is 109 Å². The molecule has 0 radical (unpaired) electrons. The Labute approximate surface area is 262 Å². The van der Waals surface area contributed by atoms with Crippen LogP contribution in [0.5, 0.6) is 0 Å². The van der Waals surface area contributed by atoms with E-state index in [1.54, 1.807) is 0 Å². The Morgan fingerprint density at radius 1 is 0.636 bits per heavy atom. The van der Waals surface area contributed by atoms with Crippen LogP contribution in [0.1, 0.15) is 94.5 Å². The molecule has 0 aromatic carbocycles. The molecule has 6 nitrogen and oxygen atoms in total. The van der Waals surface area contributed by atoms with E-state index in [0.29, 0.717) is 11.4 Å². The first-order valence-corrected chi connectivity index (χ1v) is 15.5. The van der Waals surface area contributed by atoms with Gasteiger partial charge in [0.2, 0.25) is 0 Å². The fraction of sp³-hybridized carbons (Fsp3) is 0.474. The van der Waals surface area contributed by atoms with Gasteiger partial charge in [0.15, 0.2) is 5.54 Å². The van der Waals surface area contributed by atoms with Crippen molar-refractivity contribution in [1.29, 1.82) is 10.5 Å². The average Bonchev–Trinajstić information content (AvgIpc) is 3.66. The number of nitrogens with one attached hydrogen (secondary N) is 2. The number of nitrogens with zero attached hydrogens (tertiary/aromatic N) is 4. The van der Waals surface area contributed by atoms with E-state index in [9.17, 15) is 10.5 Å². The maximum atomic E-state index is 11.2. The summed E-state index contributed by atoms with van der Waals surface area (Å²) in [5, 5.41) is 24.2. The van der Waals surface area contributed by atoms with Gasteiger partial charge in [-0.2, -0.15) is 10.5 Å². The van der Waals surface area contributed by atoms with E-state index in [-0.39, 0.29) is 16.2 Å². The number of fused-ring (bicyclic) bond motifs is 6. The van der Waals surface area contributed by atoms with Gasteiger partial charge in [-0.15, -0.1) is 0 Å². The van der Waals surface area contributed by atoms with Crippen molar-refractivity contribution in [3.63, 3.8) is 0 Å². The van der Waals surface area contributed by atoms with Gasteiger partial charge in [0.25, 0.3) is 0 Å². The van der Waals surface area contributed by atoms with Crippen LogP contribution >= 0.6 is 0 Å². The maximum Gasteiger partial charge on any atom is 0.190 e. The van der Waals surface area contributed by atoms with Crippen LogP contribution in [0.4, 0.5) is 0 Å². The van der Waals surface area contributed by atoms with Crippen LogP contribution in [0.25, 0.3) is 11.1 Å². The molecule has 2 atom stereocenters. The molecule has 0 saturated carbocycles. The van der Waals surface area contributed by atoms with E-state index < -0.39 is 16.4 Å². The summed E-state index contributed by atoms with van der Waals surface area (Å²) in [6.07, 6.45) is 7.92. The van der Waals surface area contributed by atoms with E-state index >= 15 is 0 Å². The van der Waals surface area contributed by atoms with E-state index in [4.69, 9.17) is 9.98 Å². The standard InChI is InChI=1S/C38H46N6/c1-33(2,3)30-23-13-14-25(41-23)31(34(4,5)6)27-17-18-29(43-27)38(22-40,36(10,11)12)37(21-39)20-19-28(44-37)32(35(7,8)9)26-16-15-24(30)42-26/h13-20,41,43H,1-12H3. The summed E-state index contributed by atoms with van der Waals surface area (Å²) in [5.74, 6) is 0. The second-order valence-corrected chi connectivity index (χ2v) is 16.5. The monoisotopic (exact) mass is 586 g/mol. The van der Waals surface area contributed by atoms with Crippen LogP contribution in [0.15, 0.2) is 69.8 Å². The number of allylic oxidation sites excluding steroid dienone is 4. The zero-order valence-electron chi connectivity index (χ0n) is 28.4. The summed E-state index contributed by atoms with van der Waals surface area (Å²) in [7, 11) is 0. The topological polar surface area (TPSA) is 104 Å². The van der Waals surface area contributed by atoms with Crippen LogP contribution in [-0.2, 0) is 5.41 Å². The molecule has 3 aliphatic rings. The predicted octanol–water partition coefficient (Wildman–Crippen LogP) is 7.19. The Kier molecular flexibility index (Phi) is 6.87. The Bertz CT molecular complexity index is 1910. The van der Waals surface area contributed by atoms with Crippen molar-refractivity contribution >= 4 is 22.6 Å². The molecule has 2 unspecified atom stereocenters. The van der Waals surface area contributed by atoms with E-state index in [1.807, 2.05) is 45.1 Å². The van der Waals surface area contributed by atoms with E-state index in [0.717, 1.165) is 44.5 Å². The molecule has 3 aliphatic heterocycles. The maximum absolute atomic E-state index is 11.2. The minimum Gasteiger partial charge on any atom is -0.357 e. The normalized spacial score (nSPS) is 24.0. The fourth-order valence-electron chi connectivity index (χ4n) is 7.32. The second-order valence-electron chi connectivity index (χ2n) is 16.5. The molecule has 228 valence electrons. The zero-order valence-corrected chi connectivity index (χ0v) is 28.4. The highest BCUT2D eigenvalue weighted by Gasteiger charge is 2.62. The van der Waals surface area contributed by atoms with Gasteiger partial charge in [0.1, 0.15) is 5.41 Å². The minimum absolute atomic E-state index is 0.199. The summed E-state index contributed by atoms with van der Waals surface area (Å²) in [5.41, 5.74) is 2.92. The van der Waals surface area contributed by atoms with Crippen LogP contribution in [0, 0.1) is 44.3 Å². The number of hydrogen-bond acceptors (Lipinski definition) is 4. The smallest absolute Gasteiger partial charge is 0.190 e. The highest BCUT2D eigenvalue weighted by Crippen LogP contribution is 2.53. The number of H-pyrrole nitrogens is 2. The first-order valence-electron chi connectivity index (χ1n) is 15.5. The molecule has 5 heterocycles. The lowest BCUT2D eigenvalue weighted by atomic mass is 9.55. The number of aromatic amines is 2. The molecule has 0 amide bonds.